The van der Waals surface area contributed by atoms with Crippen molar-refractivity contribution >= 4 is 6.16 Å². The molecule has 0 unspecified atom stereocenters. The Morgan fingerprint density at radius 3 is 1.05 bits per heavy atom. The van der Waals surface area contributed by atoms with Crippen LogP contribution >= 0.6 is 0 Å². The van der Waals surface area contributed by atoms with Crippen LogP contribution < -0.4 is 0 Å². The van der Waals surface area contributed by atoms with E-state index in [1.54, 1.807) is 0 Å². The molecular weight excluding hydrogens is 292 g/mol. The van der Waals surface area contributed by atoms with Crippen molar-refractivity contribution < 1.29 is 33.8 Å². The molecule has 0 atom stereocenters. The minimum Gasteiger partial charge on any atom is -0.399 e. The third kappa shape index (κ3) is 11.7. The van der Waals surface area contributed by atoms with Crippen LogP contribution in [-0.2, 0) is 29.0 Å². The molecule has 0 spiro atoms. The van der Waals surface area contributed by atoms with Gasteiger partial charge in [0.05, 0.1) is 11.2 Å². The summed E-state index contributed by atoms with van der Waals surface area (Å²) in [4.78, 5) is 32.3. The van der Waals surface area contributed by atoms with Crippen molar-refractivity contribution in [1.82, 2.24) is 0 Å². The molecule has 0 heterocycles. The quantitative estimate of drug-likeness (QED) is 0.315. The van der Waals surface area contributed by atoms with Gasteiger partial charge < -0.3 is 9.47 Å². The van der Waals surface area contributed by atoms with Crippen molar-refractivity contribution in [3.8, 4) is 0 Å². The summed E-state index contributed by atoms with van der Waals surface area (Å²) >= 11 is 0. The van der Waals surface area contributed by atoms with Crippen molar-refractivity contribution in [3.05, 3.63) is 0 Å². The predicted octanol–water partition coefficient (Wildman–Crippen LogP) is 4.11. The smallest absolute Gasteiger partial charge is 0.399 e. The molecular formula is C15H30O7. The van der Waals surface area contributed by atoms with Crippen LogP contribution in [0.4, 0.5) is 4.79 Å². The summed E-state index contributed by atoms with van der Waals surface area (Å²) in [5.41, 5.74) is -1.07. The molecule has 132 valence electrons. The highest BCUT2D eigenvalue weighted by Gasteiger charge is 2.34. The Labute approximate surface area is 133 Å². The largest absolute Gasteiger partial charge is 0.513 e. The standard InChI is InChI=1S/C15H30O7/c1-12(2,3)19-21-14(7,8)17-11(16)18-15(9,10)22-20-13(4,5)6/h1-10H3. The number of hydrogen-bond acceptors (Lipinski definition) is 7. The van der Waals surface area contributed by atoms with Crippen LogP contribution in [0.2, 0.25) is 0 Å². The Balaban J connectivity index is 4.41. The van der Waals surface area contributed by atoms with Crippen LogP contribution in [-0.4, -0.2) is 28.9 Å². The van der Waals surface area contributed by atoms with E-state index in [-0.39, 0.29) is 0 Å². The average molecular weight is 322 g/mol. The van der Waals surface area contributed by atoms with Gasteiger partial charge in [0.2, 0.25) is 11.6 Å². The van der Waals surface area contributed by atoms with Crippen molar-refractivity contribution in [2.75, 3.05) is 0 Å². The number of ether oxygens (including phenoxy) is 2. The van der Waals surface area contributed by atoms with Gasteiger partial charge in [-0.3, -0.25) is 0 Å². The van der Waals surface area contributed by atoms with E-state index in [0.29, 0.717) is 0 Å². The molecule has 22 heavy (non-hydrogen) atoms. The van der Waals surface area contributed by atoms with Gasteiger partial charge in [0.25, 0.3) is 0 Å². The van der Waals surface area contributed by atoms with Crippen molar-refractivity contribution in [1.29, 1.82) is 0 Å². The van der Waals surface area contributed by atoms with E-state index in [1.165, 1.54) is 27.7 Å². The van der Waals surface area contributed by atoms with E-state index in [2.05, 4.69) is 0 Å². The Bertz CT molecular complexity index is 327. The van der Waals surface area contributed by atoms with Gasteiger partial charge in [-0.1, -0.05) is 0 Å². The van der Waals surface area contributed by atoms with Crippen molar-refractivity contribution in [2.45, 2.75) is 92.0 Å². The molecule has 0 bridgehead atoms. The molecule has 0 amide bonds. The molecule has 0 N–H and O–H groups in total. The normalized spacial score (nSPS) is 13.9. The summed E-state index contributed by atoms with van der Waals surface area (Å²) in [7, 11) is 0. The Morgan fingerprint density at radius 2 is 0.818 bits per heavy atom. The molecule has 7 nitrogen and oxygen atoms in total. The molecule has 0 aliphatic heterocycles. The summed E-state index contributed by atoms with van der Waals surface area (Å²) in [6.07, 6.45) is -0.968. The van der Waals surface area contributed by atoms with Gasteiger partial charge in [-0.05, 0) is 41.5 Å². The first-order valence-corrected chi connectivity index (χ1v) is 7.17. The Hall–Kier alpha value is -0.890. The Kier molecular flexibility index (Phi) is 6.83. The second-order valence-corrected chi connectivity index (χ2v) is 7.81. The molecule has 0 fully saturated rings. The minimum atomic E-state index is -1.31. The number of carbonyl (C=O) groups excluding carboxylic acids is 1. The molecule has 7 heteroatoms. The second-order valence-electron chi connectivity index (χ2n) is 7.81. The maximum absolute atomic E-state index is 11.8. The summed E-state index contributed by atoms with van der Waals surface area (Å²) < 4.78 is 10.1. The van der Waals surface area contributed by atoms with Crippen LogP contribution in [0, 0.1) is 0 Å². The van der Waals surface area contributed by atoms with E-state index in [0.717, 1.165) is 0 Å². The minimum absolute atomic E-state index is 0.534. The van der Waals surface area contributed by atoms with Gasteiger partial charge in [-0.15, -0.1) is 0 Å². The fourth-order valence-corrected chi connectivity index (χ4v) is 0.907. The van der Waals surface area contributed by atoms with Crippen molar-refractivity contribution in [3.63, 3.8) is 0 Å². The van der Waals surface area contributed by atoms with E-state index < -0.39 is 28.9 Å². The SMILES string of the molecule is CC(C)(C)OOC(C)(C)OC(=O)OC(C)(C)OOC(C)(C)C. The van der Waals surface area contributed by atoms with Gasteiger partial charge in [-0.25, -0.2) is 14.6 Å². The zero-order chi connectivity index (χ0) is 17.8. The molecule has 0 aromatic rings. The fraction of sp³-hybridized carbons (Fsp3) is 0.933. The highest BCUT2D eigenvalue weighted by Crippen LogP contribution is 2.22. The molecule has 0 aromatic carbocycles. The molecule has 0 saturated heterocycles. The van der Waals surface area contributed by atoms with Gasteiger partial charge in [0.1, 0.15) is 0 Å². The predicted molar refractivity (Wildman–Crippen MR) is 79.6 cm³/mol. The van der Waals surface area contributed by atoms with E-state index in [1.807, 2.05) is 41.5 Å². The van der Waals surface area contributed by atoms with Crippen LogP contribution in [0.25, 0.3) is 0 Å². The third-order valence-electron chi connectivity index (χ3n) is 1.64. The first-order valence-electron chi connectivity index (χ1n) is 7.17. The van der Waals surface area contributed by atoms with Crippen LogP contribution in [0.3, 0.4) is 0 Å². The summed E-state index contributed by atoms with van der Waals surface area (Å²) in [6, 6.07) is 0. The highest BCUT2D eigenvalue weighted by atomic mass is 17.3. The third-order valence-corrected chi connectivity index (χ3v) is 1.64. The van der Waals surface area contributed by atoms with Crippen LogP contribution in [0.1, 0.15) is 69.2 Å². The zero-order valence-electron chi connectivity index (χ0n) is 15.4. The lowest BCUT2D eigenvalue weighted by atomic mass is 10.2. The monoisotopic (exact) mass is 322 g/mol. The molecule has 0 aliphatic carbocycles. The molecule has 0 radical (unpaired) electrons. The maximum atomic E-state index is 11.8. The summed E-state index contributed by atoms with van der Waals surface area (Å²) in [6.45, 7) is 17.0. The Morgan fingerprint density at radius 1 is 0.545 bits per heavy atom. The van der Waals surface area contributed by atoms with Gasteiger partial charge in [0.15, 0.2) is 0 Å². The lowest BCUT2D eigenvalue weighted by molar-refractivity contribution is -0.455. The van der Waals surface area contributed by atoms with Crippen LogP contribution in [0.15, 0.2) is 0 Å². The van der Waals surface area contributed by atoms with Crippen molar-refractivity contribution in [2.24, 2.45) is 0 Å². The van der Waals surface area contributed by atoms with E-state index in [4.69, 9.17) is 29.0 Å². The molecule has 0 aromatic heterocycles. The first kappa shape index (κ1) is 21.1. The lowest BCUT2D eigenvalue weighted by Crippen LogP contribution is -2.39. The zero-order valence-corrected chi connectivity index (χ0v) is 15.4. The second kappa shape index (κ2) is 7.12. The first-order chi connectivity index (χ1) is 9.52. The summed E-state index contributed by atoms with van der Waals surface area (Å²) in [5, 5.41) is 0. The van der Waals surface area contributed by atoms with E-state index in [9.17, 15) is 4.79 Å². The van der Waals surface area contributed by atoms with Gasteiger partial charge in [-0.2, -0.15) is 9.78 Å². The maximum Gasteiger partial charge on any atom is 0.513 e. The average Bonchev–Trinajstić information content (AvgIpc) is 2.20. The topological polar surface area (TPSA) is 72.5 Å². The summed E-state index contributed by atoms with van der Waals surface area (Å²) in [5.74, 6) is -2.63. The fourth-order valence-electron chi connectivity index (χ4n) is 0.907. The van der Waals surface area contributed by atoms with Gasteiger partial charge >= 0.3 is 6.16 Å². The van der Waals surface area contributed by atoms with E-state index >= 15 is 0 Å². The van der Waals surface area contributed by atoms with Crippen LogP contribution in [0.5, 0.6) is 0 Å². The van der Waals surface area contributed by atoms with Gasteiger partial charge in [0, 0.05) is 27.7 Å². The number of carbonyl (C=O) groups is 1. The highest BCUT2D eigenvalue weighted by molar-refractivity contribution is 5.60. The lowest BCUT2D eigenvalue weighted by Gasteiger charge is -2.30. The molecule has 0 saturated carbocycles. The molecule has 0 rings (SSSR count). The number of hydrogen-bond donors (Lipinski definition) is 0. The molecule has 0 aliphatic rings. The number of rotatable bonds is 6.